The summed E-state index contributed by atoms with van der Waals surface area (Å²) >= 11 is 0. The SMILES string of the molecule is CC=C1CC1C(C)CC. The maximum atomic E-state index is 2.35. The van der Waals surface area contributed by atoms with Crippen LogP contribution in [0.1, 0.15) is 33.6 Å². The predicted octanol–water partition coefficient (Wildman–Crippen LogP) is 3.00. The van der Waals surface area contributed by atoms with Crippen molar-refractivity contribution in [3.05, 3.63) is 11.6 Å². The monoisotopic (exact) mass is 124 g/mol. The van der Waals surface area contributed by atoms with Crippen molar-refractivity contribution in [1.82, 2.24) is 0 Å². The second-order valence-corrected chi connectivity index (χ2v) is 3.06. The molecule has 1 saturated carbocycles. The van der Waals surface area contributed by atoms with Crippen LogP contribution in [0.25, 0.3) is 0 Å². The number of rotatable bonds is 2. The van der Waals surface area contributed by atoms with Crippen molar-refractivity contribution in [2.24, 2.45) is 11.8 Å². The molecule has 2 unspecified atom stereocenters. The lowest BCUT2D eigenvalue weighted by Gasteiger charge is -2.02. The van der Waals surface area contributed by atoms with Gasteiger partial charge in [0.15, 0.2) is 0 Å². The maximum absolute atomic E-state index is 2.35. The van der Waals surface area contributed by atoms with Gasteiger partial charge in [0, 0.05) is 0 Å². The molecule has 0 amide bonds. The molecule has 1 fully saturated rings. The summed E-state index contributed by atoms with van der Waals surface area (Å²) < 4.78 is 0. The van der Waals surface area contributed by atoms with Gasteiger partial charge in [-0.3, -0.25) is 0 Å². The molecule has 0 aromatic rings. The van der Waals surface area contributed by atoms with E-state index in [4.69, 9.17) is 0 Å². The van der Waals surface area contributed by atoms with E-state index in [9.17, 15) is 0 Å². The highest BCUT2D eigenvalue weighted by molar-refractivity contribution is 5.23. The third-order valence-electron chi connectivity index (χ3n) is 2.47. The average molecular weight is 124 g/mol. The molecule has 9 heavy (non-hydrogen) atoms. The fourth-order valence-electron chi connectivity index (χ4n) is 1.38. The summed E-state index contributed by atoms with van der Waals surface area (Å²) in [5.74, 6) is 1.89. The molecule has 0 aliphatic heterocycles. The molecule has 1 aliphatic carbocycles. The van der Waals surface area contributed by atoms with E-state index >= 15 is 0 Å². The Morgan fingerprint density at radius 2 is 2.44 bits per heavy atom. The Morgan fingerprint density at radius 1 is 1.78 bits per heavy atom. The Labute approximate surface area is 58.0 Å². The van der Waals surface area contributed by atoms with Crippen LogP contribution < -0.4 is 0 Å². The quantitative estimate of drug-likeness (QED) is 0.496. The lowest BCUT2D eigenvalue weighted by atomic mass is 10.0. The van der Waals surface area contributed by atoms with Crippen LogP contribution in [-0.4, -0.2) is 0 Å². The van der Waals surface area contributed by atoms with Gasteiger partial charge in [-0.05, 0) is 25.2 Å². The highest BCUT2D eigenvalue weighted by Gasteiger charge is 2.32. The van der Waals surface area contributed by atoms with Gasteiger partial charge in [-0.15, -0.1) is 0 Å². The zero-order valence-electron chi connectivity index (χ0n) is 6.65. The van der Waals surface area contributed by atoms with Crippen LogP contribution in [-0.2, 0) is 0 Å². The Balaban J connectivity index is 2.33. The van der Waals surface area contributed by atoms with Crippen molar-refractivity contribution in [3.8, 4) is 0 Å². The smallest absolute Gasteiger partial charge is 0.0140 e. The van der Waals surface area contributed by atoms with Crippen LogP contribution in [0.3, 0.4) is 0 Å². The molecule has 1 aliphatic rings. The highest BCUT2D eigenvalue weighted by Crippen LogP contribution is 2.44. The van der Waals surface area contributed by atoms with E-state index in [0.717, 1.165) is 11.8 Å². The molecular formula is C9H16. The van der Waals surface area contributed by atoms with E-state index in [-0.39, 0.29) is 0 Å². The number of hydrogen-bond acceptors (Lipinski definition) is 0. The molecule has 0 aromatic carbocycles. The summed E-state index contributed by atoms with van der Waals surface area (Å²) in [5.41, 5.74) is 1.68. The van der Waals surface area contributed by atoms with Crippen molar-refractivity contribution in [1.29, 1.82) is 0 Å². The summed E-state index contributed by atoms with van der Waals surface area (Å²) in [6.07, 6.45) is 4.99. The first-order chi connectivity index (χ1) is 4.29. The van der Waals surface area contributed by atoms with Gasteiger partial charge >= 0.3 is 0 Å². The molecule has 52 valence electrons. The summed E-state index contributed by atoms with van der Waals surface area (Å²) in [5, 5.41) is 0. The molecule has 0 heterocycles. The van der Waals surface area contributed by atoms with E-state index in [0.29, 0.717) is 0 Å². The van der Waals surface area contributed by atoms with Gasteiger partial charge in [0.1, 0.15) is 0 Å². The van der Waals surface area contributed by atoms with Gasteiger partial charge in [-0.1, -0.05) is 31.9 Å². The van der Waals surface area contributed by atoms with E-state index in [1.54, 1.807) is 5.57 Å². The van der Waals surface area contributed by atoms with Crippen LogP contribution >= 0.6 is 0 Å². The van der Waals surface area contributed by atoms with E-state index < -0.39 is 0 Å². The minimum absolute atomic E-state index is 0.927. The molecule has 0 nitrogen and oxygen atoms in total. The molecule has 1 rings (SSSR count). The lowest BCUT2D eigenvalue weighted by Crippen LogP contribution is -1.92. The van der Waals surface area contributed by atoms with Gasteiger partial charge in [0.2, 0.25) is 0 Å². The predicted molar refractivity (Wildman–Crippen MR) is 41.3 cm³/mol. The van der Waals surface area contributed by atoms with E-state index in [1.807, 2.05) is 0 Å². The van der Waals surface area contributed by atoms with Crippen molar-refractivity contribution in [2.45, 2.75) is 33.6 Å². The standard InChI is InChI=1S/C9H16/c1-4-7(3)9-6-8(9)5-2/h5,7,9H,4,6H2,1-3H3. The molecule has 0 saturated heterocycles. The first-order valence-corrected chi connectivity index (χ1v) is 3.94. The van der Waals surface area contributed by atoms with Crippen molar-refractivity contribution >= 4 is 0 Å². The van der Waals surface area contributed by atoms with Gasteiger partial charge in [0.25, 0.3) is 0 Å². The van der Waals surface area contributed by atoms with Crippen molar-refractivity contribution in [2.75, 3.05) is 0 Å². The summed E-state index contributed by atoms with van der Waals surface area (Å²) in [4.78, 5) is 0. The summed E-state index contributed by atoms with van der Waals surface area (Å²) in [7, 11) is 0. The van der Waals surface area contributed by atoms with E-state index in [1.165, 1.54) is 12.8 Å². The second-order valence-electron chi connectivity index (χ2n) is 3.06. The van der Waals surface area contributed by atoms with Crippen LogP contribution in [0.4, 0.5) is 0 Å². The minimum atomic E-state index is 0.927. The highest BCUT2D eigenvalue weighted by atomic mass is 14.4. The number of hydrogen-bond donors (Lipinski definition) is 0. The Kier molecular flexibility index (Phi) is 1.94. The van der Waals surface area contributed by atoms with Crippen LogP contribution in [0.2, 0.25) is 0 Å². The second kappa shape index (κ2) is 2.55. The first-order valence-electron chi connectivity index (χ1n) is 3.94. The fourth-order valence-corrected chi connectivity index (χ4v) is 1.38. The molecule has 0 heteroatoms. The van der Waals surface area contributed by atoms with Crippen LogP contribution in [0, 0.1) is 11.8 Å². The Bertz CT molecular complexity index is 122. The molecule has 0 bridgehead atoms. The molecule has 0 aromatic heterocycles. The maximum Gasteiger partial charge on any atom is -0.0140 e. The zero-order valence-corrected chi connectivity index (χ0v) is 6.65. The van der Waals surface area contributed by atoms with Crippen molar-refractivity contribution < 1.29 is 0 Å². The lowest BCUT2D eigenvalue weighted by molar-refractivity contribution is 0.507. The van der Waals surface area contributed by atoms with Crippen LogP contribution in [0.15, 0.2) is 11.6 Å². The van der Waals surface area contributed by atoms with Crippen molar-refractivity contribution in [3.63, 3.8) is 0 Å². The Morgan fingerprint density at radius 3 is 2.78 bits per heavy atom. The Hall–Kier alpha value is -0.260. The minimum Gasteiger partial charge on any atom is -0.0881 e. The third kappa shape index (κ3) is 1.35. The third-order valence-corrected chi connectivity index (χ3v) is 2.47. The largest absolute Gasteiger partial charge is 0.0881 e. The average Bonchev–Trinajstić information content (AvgIpc) is 2.64. The van der Waals surface area contributed by atoms with Gasteiger partial charge in [0.05, 0.1) is 0 Å². The normalized spacial score (nSPS) is 32.8. The molecule has 0 spiro atoms. The molecule has 2 atom stereocenters. The molecular weight excluding hydrogens is 108 g/mol. The number of allylic oxidation sites excluding steroid dienone is 2. The summed E-state index contributed by atoms with van der Waals surface area (Å²) in [6, 6.07) is 0. The van der Waals surface area contributed by atoms with Gasteiger partial charge in [-0.25, -0.2) is 0 Å². The zero-order chi connectivity index (χ0) is 6.85. The first kappa shape index (κ1) is 6.85. The van der Waals surface area contributed by atoms with Crippen LogP contribution in [0.5, 0.6) is 0 Å². The molecule has 0 N–H and O–H groups in total. The van der Waals surface area contributed by atoms with Gasteiger partial charge in [-0.2, -0.15) is 0 Å². The topological polar surface area (TPSA) is 0 Å². The summed E-state index contributed by atoms with van der Waals surface area (Å²) in [6.45, 7) is 6.77. The fraction of sp³-hybridized carbons (Fsp3) is 0.778. The van der Waals surface area contributed by atoms with Gasteiger partial charge < -0.3 is 0 Å². The molecule has 0 radical (unpaired) electrons. The van der Waals surface area contributed by atoms with E-state index in [2.05, 4.69) is 26.8 Å².